The molecule has 0 aromatic rings. The van der Waals surface area contributed by atoms with Gasteiger partial charge >= 0.3 is 0 Å². The van der Waals surface area contributed by atoms with E-state index < -0.39 is 0 Å². The first-order valence-corrected chi connectivity index (χ1v) is 4.65. The molecule has 1 amide bonds. The first-order chi connectivity index (χ1) is 6.06. The van der Waals surface area contributed by atoms with Crippen LogP contribution in [-0.4, -0.2) is 23.7 Å². The molecule has 3 unspecified atom stereocenters. The number of carbonyl (C=O) groups is 2. The van der Waals surface area contributed by atoms with Gasteiger partial charge in [-0.05, 0) is 30.5 Å². The van der Waals surface area contributed by atoms with Gasteiger partial charge in [-0.2, -0.15) is 0 Å². The highest BCUT2D eigenvalue weighted by atomic mass is 35.5. The van der Waals surface area contributed by atoms with Crippen molar-refractivity contribution in [2.45, 2.75) is 18.9 Å². The summed E-state index contributed by atoms with van der Waals surface area (Å²) < 4.78 is 0. The molecule has 1 heterocycles. The predicted octanol–water partition coefficient (Wildman–Crippen LogP) is -0.395. The standard InChI is InChI=1S/C8H11ClN2O2/c9-5(12)2-8-1-4(8)3-11-6(8)7(10)13/h4,6,11H,1-3H2,(H2,10,13). The lowest BCUT2D eigenvalue weighted by Crippen LogP contribution is -2.44. The van der Waals surface area contributed by atoms with E-state index in [0.29, 0.717) is 5.92 Å². The fourth-order valence-corrected chi connectivity index (χ4v) is 2.70. The zero-order valence-electron chi connectivity index (χ0n) is 7.05. The van der Waals surface area contributed by atoms with Crippen molar-refractivity contribution in [3.8, 4) is 0 Å². The molecular weight excluding hydrogens is 192 g/mol. The van der Waals surface area contributed by atoms with Crippen LogP contribution in [0.4, 0.5) is 0 Å². The van der Waals surface area contributed by atoms with Crippen LogP contribution in [0.5, 0.6) is 0 Å². The molecule has 3 atom stereocenters. The summed E-state index contributed by atoms with van der Waals surface area (Å²) in [6.07, 6.45) is 1.16. The summed E-state index contributed by atoms with van der Waals surface area (Å²) in [5, 5.41) is 2.64. The molecule has 0 radical (unpaired) electrons. The fourth-order valence-electron chi connectivity index (χ4n) is 2.45. The number of piperidine rings is 1. The smallest absolute Gasteiger partial charge is 0.235 e. The minimum absolute atomic E-state index is 0.245. The number of rotatable bonds is 3. The number of primary amides is 1. The van der Waals surface area contributed by atoms with Crippen LogP contribution < -0.4 is 11.1 Å². The van der Waals surface area contributed by atoms with E-state index in [2.05, 4.69) is 5.32 Å². The topological polar surface area (TPSA) is 72.2 Å². The highest BCUT2D eigenvalue weighted by Gasteiger charge is 2.65. The number of amides is 1. The van der Waals surface area contributed by atoms with E-state index in [-0.39, 0.29) is 29.0 Å². The van der Waals surface area contributed by atoms with E-state index in [0.717, 1.165) is 13.0 Å². The normalized spacial score (nSPS) is 41.3. The third kappa shape index (κ3) is 1.25. The molecule has 3 N–H and O–H groups in total. The van der Waals surface area contributed by atoms with Gasteiger partial charge in [-0.25, -0.2) is 0 Å². The maximum absolute atomic E-state index is 11.0. The number of carbonyl (C=O) groups excluding carboxylic acids is 2. The molecule has 0 aromatic carbocycles. The number of nitrogens with two attached hydrogens (primary N) is 1. The average Bonchev–Trinajstić information content (AvgIpc) is 2.54. The van der Waals surface area contributed by atoms with Crippen LogP contribution in [0.15, 0.2) is 0 Å². The van der Waals surface area contributed by atoms with Gasteiger partial charge in [0.1, 0.15) is 0 Å². The number of hydrogen-bond donors (Lipinski definition) is 2. The summed E-state index contributed by atoms with van der Waals surface area (Å²) in [5.74, 6) is 0.0330. The lowest BCUT2D eigenvalue weighted by Gasteiger charge is -2.18. The molecular formula is C8H11ClN2O2. The molecule has 0 spiro atoms. The van der Waals surface area contributed by atoms with Crippen LogP contribution in [0.1, 0.15) is 12.8 Å². The zero-order chi connectivity index (χ0) is 9.64. The molecule has 72 valence electrons. The summed E-state index contributed by atoms with van der Waals surface area (Å²) in [6, 6.07) is -0.361. The molecule has 1 saturated heterocycles. The van der Waals surface area contributed by atoms with Crippen LogP contribution >= 0.6 is 11.6 Å². The number of fused-ring (bicyclic) bond motifs is 1. The van der Waals surface area contributed by atoms with Gasteiger partial charge < -0.3 is 11.1 Å². The zero-order valence-corrected chi connectivity index (χ0v) is 7.80. The maximum atomic E-state index is 11.0. The molecule has 2 fully saturated rings. The highest BCUT2D eigenvalue weighted by Crippen LogP contribution is 2.60. The maximum Gasteiger partial charge on any atom is 0.235 e. The molecule has 1 aliphatic carbocycles. The van der Waals surface area contributed by atoms with E-state index in [9.17, 15) is 9.59 Å². The Morgan fingerprint density at radius 3 is 2.77 bits per heavy atom. The quantitative estimate of drug-likeness (QED) is 0.612. The van der Waals surface area contributed by atoms with E-state index in [1.807, 2.05) is 0 Å². The van der Waals surface area contributed by atoms with Crippen LogP contribution in [0.25, 0.3) is 0 Å². The summed E-state index contributed by atoms with van der Waals surface area (Å²) in [7, 11) is 0. The van der Waals surface area contributed by atoms with E-state index in [1.54, 1.807) is 0 Å². The van der Waals surface area contributed by atoms with Gasteiger partial charge in [-0.3, -0.25) is 9.59 Å². The second-order valence-corrected chi connectivity index (χ2v) is 4.33. The number of nitrogens with one attached hydrogen (secondary N) is 1. The van der Waals surface area contributed by atoms with Crippen molar-refractivity contribution in [1.82, 2.24) is 5.32 Å². The monoisotopic (exact) mass is 202 g/mol. The first kappa shape index (κ1) is 8.97. The van der Waals surface area contributed by atoms with Crippen molar-refractivity contribution in [3.63, 3.8) is 0 Å². The summed E-state index contributed by atoms with van der Waals surface area (Å²) in [5.41, 5.74) is 4.97. The van der Waals surface area contributed by atoms with Crippen molar-refractivity contribution in [1.29, 1.82) is 0 Å². The average molecular weight is 203 g/mol. The third-order valence-electron chi connectivity index (χ3n) is 3.18. The molecule has 5 heteroatoms. The van der Waals surface area contributed by atoms with Gasteiger partial charge in [0.2, 0.25) is 11.1 Å². The van der Waals surface area contributed by atoms with Crippen molar-refractivity contribution >= 4 is 22.8 Å². The molecule has 4 nitrogen and oxygen atoms in total. The van der Waals surface area contributed by atoms with Gasteiger partial charge in [-0.15, -0.1) is 0 Å². The lowest BCUT2D eigenvalue weighted by atomic mass is 9.93. The molecule has 0 bridgehead atoms. The Labute approximate surface area is 80.8 Å². The predicted molar refractivity (Wildman–Crippen MR) is 47.0 cm³/mol. The van der Waals surface area contributed by atoms with Crippen molar-refractivity contribution in [2.75, 3.05) is 6.54 Å². The SMILES string of the molecule is NC(=O)C1NCC2CC21CC(=O)Cl. The van der Waals surface area contributed by atoms with E-state index in [1.165, 1.54) is 0 Å². The molecule has 1 aliphatic heterocycles. The number of hydrogen-bond acceptors (Lipinski definition) is 3. The third-order valence-corrected chi connectivity index (χ3v) is 3.31. The van der Waals surface area contributed by atoms with Crippen molar-refractivity contribution in [2.24, 2.45) is 17.1 Å². The van der Waals surface area contributed by atoms with E-state index >= 15 is 0 Å². The van der Waals surface area contributed by atoms with Crippen LogP contribution in [0, 0.1) is 11.3 Å². The van der Waals surface area contributed by atoms with Gasteiger partial charge in [0.25, 0.3) is 0 Å². The highest BCUT2D eigenvalue weighted by molar-refractivity contribution is 6.63. The Balaban J connectivity index is 2.14. The molecule has 2 rings (SSSR count). The van der Waals surface area contributed by atoms with Gasteiger partial charge in [-0.1, -0.05) is 0 Å². The van der Waals surface area contributed by atoms with Crippen LogP contribution in [0.2, 0.25) is 0 Å². The van der Waals surface area contributed by atoms with Gasteiger partial charge in [0.05, 0.1) is 6.04 Å². The second-order valence-electron chi connectivity index (χ2n) is 3.91. The van der Waals surface area contributed by atoms with E-state index in [4.69, 9.17) is 17.3 Å². The van der Waals surface area contributed by atoms with Gasteiger partial charge in [0, 0.05) is 11.8 Å². The Hall–Kier alpha value is -0.610. The Morgan fingerprint density at radius 2 is 2.31 bits per heavy atom. The van der Waals surface area contributed by atoms with Crippen molar-refractivity contribution in [3.05, 3.63) is 0 Å². The number of halogens is 1. The fraction of sp³-hybridized carbons (Fsp3) is 0.750. The van der Waals surface area contributed by atoms with Gasteiger partial charge in [0.15, 0.2) is 0 Å². The Morgan fingerprint density at radius 1 is 1.62 bits per heavy atom. The molecule has 13 heavy (non-hydrogen) atoms. The largest absolute Gasteiger partial charge is 0.368 e. The first-order valence-electron chi connectivity index (χ1n) is 4.27. The van der Waals surface area contributed by atoms with Crippen molar-refractivity contribution < 1.29 is 9.59 Å². The summed E-state index contributed by atoms with van der Waals surface area (Å²) in [6.45, 7) is 0.776. The molecule has 0 aromatic heterocycles. The Kier molecular flexibility index (Phi) is 1.85. The Bertz CT molecular complexity index is 281. The lowest BCUT2D eigenvalue weighted by molar-refractivity contribution is -0.121. The summed E-state index contributed by atoms with van der Waals surface area (Å²) >= 11 is 5.33. The minimum Gasteiger partial charge on any atom is -0.368 e. The minimum atomic E-state index is -0.377. The molecule has 1 saturated carbocycles. The second kappa shape index (κ2) is 2.69. The van der Waals surface area contributed by atoms with Crippen LogP contribution in [0.3, 0.4) is 0 Å². The summed E-state index contributed by atoms with van der Waals surface area (Å²) in [4.78, 5) is 21.8. The van der Waals surface area contributed by atoms with Crippen LogP contribution in [-0.2, 0) is 9.59 Å². The molecule has 2 aliphatic rings.